The Kier molecular flexibility index (Phi) is 5.81. The van der Waals surface area contributed by atoms with Crippen molar-refractivity contribution < 1.29 is 27.1 Å². The molecule has 0 atom stereocenters. The summed E-state index contributed by atoms with van der Waals surface area (Å²) >= 11 is 0. The molecule has 0 spiro atoms. The molecule has 132 valence electrons. The van der Waals surface area contributed by atoms with Crippen molar-refractivity contribution in [2.75, 3.05) is 0 Å². The van der Waals surface area contributed by atoms with Crippen LogP contribution >= 0.6 is 0 Å². The highest BCUT2D eigenvalue weighted by Crippen LogP contribution is 2.23. The van der Waals surface area contributed by atoms with Gasteiger partial charge in [-0.25, -0.2) is 18.4 Å². The number of nitrogens with zero attached hydrogens (tertiary/aromatic N) is 4. The zero-order valence-electron chi connectivity index (χ0n) is 12.5. The fraction of sp³-hybridized carbons (Fsp3) is 0.500. The summed E-state index contributed by atoms with van der Waals surface area (Å²) in [5.41, 5.74) is 0.781. The molecule has 2 aromatic heterocycles. The SMILES string of the molecule is OCc1ccc(-c2nc(CC(F)(F)F)nn2CCCC(F)F)cn1. The standard InChI is InChI=1S/C14H15F5N4O/c15-11(16)2-1-5-23-13(9-3-4-10(8-24)20-7-9)21-12(22-23)6-14(17,18)19/h3-4,7,11,24H,1-2,5-6,8H2. The molecule has 0 radical (unpaired) electrons. The predicted octanol–water partition coefficient (Wildman–Crippen LogP) is 2.98. The van der Waals surface area contributed by atoms with Gasteiger partial charge in [0.2, 0.25) is 6.43 Å². The van der Waals surface area contributed by atoms with Gasteiger partial charge in [-0.3, -0.25) is 4.98 Å². The van der Waals surface area contributed by atoms with Gasteiger partial charge in [-0.15, -0.1) is 0 Å². The quantitative estimate of drug-likeness (QED) is 0.780. The Hall–Kier alpha value is -2.10. The van der Waals surface area contributed by atoms with Crippen LogP contribution in [0.1, 0.15) is 24.4 Å². The lowest BCUT2D eigenvalue weighted by Crippen LogP contribution is -2.13. The molecule has 0 aromatic carbocycles. The van der Waals surface area contributed by atoms with Crippen molar-refractivity contribution in [3.8, 4) is 11.4 Å². The van der Waals surface area contributed by atoms with Gasteiger partial charge in [0.05, 0.1) is 12.3 Å². The van der Waals surface area contributed by atoms with Crippen LogP contribution in [-0.4, -0.2) is 37.5 Å². The van der Waals surface area contributed by atoms with Gasteiger partial charge in [0.1, 0.15) is 6.42 Å². The second kappa shape index (κ2) is 7.65. The Morgan fingerprint density at radius 3 is 2.50 bits per heavy atom. The molecule has 0 amide bonds. The molecule has 0 bridgehead atoms. The Morgan fingerprint density at radius 2 is 1.96 bits per heavy atom. The minimum Gasteiger partial charge on any atom is -0.390 e. The summed E-state index contributed by atoms with van der Waals surface area (Å²) in [5.74, 6) is -0.304. The number of alkyl halides is 5. The number of hydrogen-bond donors (Lipinski definition) is 1. The minimum atomic E-state index is -4.47. The van der Waals surface area contributed by atoms with Crippen molar-refractivity contribution in [3.63, 3.8) is 0 Å². The summed E-state index contributed by atoms with van der Waals surface area (Å²) in [6, 6.07) is 3.03. The molecule has 5 nitrogen and oxygen atoms in total. The number of aryl methyl sites for hydroxylation is 1. The highest BCUT2D eigenvalue weighted by atomic mass is 19.4. The number of pyridine rings is 1. The maximum absolute atomic E-state index is 12.5. The van der Waals surface area contributed by atoms with Crippen molar-refractivity contribution in [2.45, 2.75) is 45.0 Å². The van der Waals surface area contributed by atoms with Crippen molar-refractivity contribution in [2.24, 2.45) is 0 Å². The normalized spacial score (nSPS) is 12.1. The van der Waals surface area contributed by atoms with Crippen LogP contribution < -0.4 is 0 Å². The first-order valence-electron chi connectivity index (χ1n) is 7.13. The second-order valence-corrected chi connectivity index (χ2v) is 5.10. The van der Waals surface area contributed by atoms with Gasteiger partial charge in [0, 0.05) is 24.7 Å². The lowest BCUT2D eigenvalue weighted by atomic mass is 10.2. The first-order valence-corrected chi connectivity index (χ1v) is 7.13. The molecular formula is C14H15F5N4O. The first-order chi connectivity index (χ1) is 11.3. The second-order valence-electron chi connectivity index (χ2n) is 5.10. The lowest BCUT2D eigenvalue weighted by molar-refractivity contribution is -0.128. The van der Waals surface area contributed by atoms with E-state index in [1.54, 1.807) is 0 Å². The maximum Gasteiger partial charge on any atom is 0.396 e. The summed E-state index contributed by atoms with van der Waals surface area (Å²) < 4.78 is 63.2. The fourth-order valence-electron chi connectivity index (χ4n) is 2.06. The molecular weight excluding hydrogens is 335 g/mol. The van der Waals surface area contributed by atoms with Crippen LogP contribution in [0.3, 0.4) is 0 Å². The van der Waals surface area contributed by atoms with E-state index in [1.807, 2.05) is 0 Å². The summed E-state index contributed by atoms with van der Waals surface area (Å²) in [6.07, 6.45) is -7.24. The van der Waals surface area contributed by atoms with Crippen LogP contribution in [0, 0.1) is 0 Å². The third-order valence-corrected chi connectivity index (χ3v) is 3.11. The molecule has 1 N–H and O–H groups in total. The topological polar surface area (TPSA) is 63.8 Å². The highest BCUT2D eigenvalue weighted by Gasteiger charge is 2.30. The van der Waals surface area contributed by atoms with E-state index in [0.29, 0.717) is 11.3 Å². The van der Waals surface area contributed by atoms with Gasteiger partial charge in [0.25, 0.3) is 0 Å². The van der Waals surface area contributed by atoms with Crippen LogP contribution in [0.15, 0.2) is 18.3 Å². The summed E-state index contributed by atoms with van der Waals surface area (Å²) in [6.45, 7) is -0.257. The van der Waals surface area contributed by atoms with Gasteiger partial charge in [-0.1, -0.05) is 0 Å². The monoisotopic (exact) mass is 350 g/mol. The predicted molar refractivity (Wildman–Crippen MR) is 74.2 cm³/mol. The number of hydrogen-bond acceptors (Lipinski definition) is 4. The zero-order valence-corrected chi connectivity index (χ0v) is 12.5. The van der Waals surface area contributed by atoms with E-state index < -0.39 is 24.8 Å². The number of rotatable bonds is 7. The zero-order chi connectivity index (χ0) is 17.7. The largest absolute Gasteiger partial charge is 0.396 e. The fourth-order valence-corrected chi connectivity index (χ4v) is 2.06. The Balaban J connectivity index is 2.27. The van der Waals surface area contributed by atoms with Crippen LogP contribution in [-0.2, 0) is 19.6 Å². The maximum atomic E-state index is 12.5. The molecule has 2 rings (SSSR count). The molecule has 0 fully saturated rings. The molecule has 24 heavy (non-hydrogen) atoms. The molecule has 0 saturated carbocycles. The molecule has 10 heteroatoms. The lowest BCUT2D eigenvalue weighted by Gasteiger charge is -2.06. The van der Waals surface area contributed by atoms with E-state index in [2.05, 4.69) is 15.1 Å². The number of aliphatic hydroxyl groups excluding tert-OH is 1. The van der Waals surface area contributed by atoms with E-state index in [0.717, 1.165) is 0 Å². The van der Waals surface area contributed by atoms with Crippen molar-refractivity contribution in [3.05, 3.63) is 29.8 Å². The number of halogens is 5. The first kappa shape index (κ1) is 18.2. The Bertz CT molecular complexity index is 654. The third-order valence-electron chi connectivity index (χ3n) is 3.11. The minimum absolute atomic E-state index is 0.0201. The van der Waals surface area contributed by atoms with Gasteiger partial charge in [-0.05, 0) is 18.6 Å². The van der Waals surface area contributed by atoms with E-state index >= 15 is 0 Å². The summed E-state index contributed by atoms with van der Waals surface area (Å²) in [5, 5.41) is 12.7. The smallest absolute Gasteiger partial charge is 0.390 e. The van der Waals surface area contributed by atoms with Crippen LogP contribution in [0.2, 0.25) is 0 Å². The molecule has 0 aliphatic carbocycles. The number of aromatic nitrogens is 4. The molecule has 0 aliphatic heterocycles. The summed E-state index contributed by atoms with van der Waals surface area (Å²) in [7, 11) is 0. The molecule has 0 saturated heterocycles. The van der Waals surface area contributed by atoms with Crippen LogP contribution in [0.5, 0.6) is 0 Å². The van der Waals surface area contributed by atoms with E-state index in [1.165, 1.54) is 23.0 Å². The average molecular weight is 350 g/mol. The molecule has 2 aromatic rings. The van der Waals surface area contributed by atoms with Crippen molar-refractivity contribution >= 4 is 0 Å². The number of aliphatic hydroxyl groups is 1. The van der Waals surface area contributed by atoms with Crippen molar-refractivity contribution in [1.82, 2.24) is 19.7 Å². The average Bonchev–Trinajstić information content (AvgIpc) is 2.87. The Morgan fingerprint density at radius 1 is 1.21 bits per heavy atom. The Labute approximate surface area is 134 Å². The van der Waals surface area contributed by atoms with Gasteiger partial charge in [0.15, 0.2) is 11.6 Å². The molecule has 2 heterocycles. The molecule has 0 aliphatic rings. The van der Waals surface area contributed by atoms with Crippen molar-refractivity contribution in [1.29, 1.82) is 0 Å². The summed E-state index contributed by atoms with van der Waals surface area (Å²) in [4.78, 5) is 7.79. The van der Waals surface area contributed by atoms with E-state index in [-0.39, 0.29) is 31.8 Å². The van der Waals surface area contributed by atoms with Gasteiger partial charge < -0.3 is 5.11 Å². The van der Waals surface area contributed by atoms with Crippen LogP contribution in [0.4, 0.5) is 22.0 Å². The van der Waals surface area contributed by atoms with Gasteiger partial charge >= 0.3 is 6.18 Å². The highest BCUT2D eigenvalue weighted by molar-refractivity contribution is 5.53. The van der Waals surface area contributed by atoms with Crippen LogP contribution in [0.25, 0.3) is 11.4 Å². The van der Waals surface area contributed by atoms with Gasteiger partial charge in [-0.2, -0.15) is 18.3 Å². The third kappa shape index (κ3) is 5.22. The van der Waals surface area contributed by atoms with E-state index in [4.69, 9.17) is 5.11 Å². The van der Waals surface area contributed by atoms with E-state index in [9.17, 15) is 22.0 Å². The molecule has 0 unspecified atom stereocenters.